The molecule has 1 aliphatic heterocycles. The highest BCUT2D eigenvalue weighted by atomic mass is 32.2. The lowest BCUT2D eigenvalue weighted by molar-refractivity contribution is -0.139. The van der Waals surface area contributed by atoms with Crippen molar-refractivity contribution >= 4 is 28.0 Å². The van der Waals surface area contributed by atoms with E-state index in [1.54, 1.807) is 37.3 Å². The normalized spacial score (nSPS) is 16.0. The third kappa shape index (κ3) is 5.43. The van der Waals surface area contributed by atoms with Crippen molar-refractivity contribution < 1.29 is 32.3 Å². The second kappa shape index (κ2) is 10.5. The van der Waals surface area contributed by atoms with Crippen LogP contribution in [0.1, 0.15) is 28.9 Å². The lowest BCUT2D eigenvalue weighted by Gasteiger charge is -2.29. The minimum atomic E-state index is -3.64. The maximum Gasteiger partial charge on any atom is 0.338 e. The summed E-state index contributed by atoms with van der Waals surface area (Å²) in [6.07, 6.45) is 0. The third-order valence-corrected chi connectivity index (χ3v) is 6.83. The van der Waals surface area contributed by atoms with Gasteiger partial charge in [0.2, 0.25) is 10.0 Å². The van der Waals surface area contributed by atoms with Crippen LogP contribution >= 0.6 is 0 Å². The number of amides is 2. The zero-order valence-electron chi connectivity index (χ0n) is 18.9. The minimum Gasteiger partial charge on any atom is -0.463 e. The van der Waals surface area contributed by atoms with Crippen LogP contribution in [-0.2, 0) is 24.3 Å². The number of carbonyl (C=O) groups excluding carboxylic acids is 3. The van der Waals surface area contributed by atoms with Gasteiger partial charge in [-0.3, -0.25) is 0 Å². The van der Waals surface area contributed by atoms with Crippen LogP contribution in [-0.4, -0.2) is 58.0 Å². The Balaban J connectivity index is 1.85. The highest BCUT2D eigenvalue weighted by molar-refractivity contribution is 7.89. The van der Waals surface area contributed by atoms with E-state index in [0.717, 1.165) is 4.31 Å². The molecular formula is C23H25N3O7S. The van der Waals surface area contributed by atoms with E-state index in [0.29, 0.717) is 5.56 Å². The molecule has 1 atom stereocenters. The van der Waals surface area contributed by atoms with E-state index in [4.69, 9.17) is 9.47 Å². The molecule has 1 aliphatic rings. The average Bonchev–Trinajstić information content (AvgIpc) is 2.82. The van der Waals surface area contributed by atoms with Crippen molar-refractivity contribution in [3.05, 3.63) is 77.0 Å². The Morgan fingerprint density at radius 1 is 0.971 bits per heavy atom. The van der Waals surface area contributed by atoms with Gasteiger partial charge in [0.15, 0.2) is 0 Å². The molecule has 0 fully saturated rings. The zero-order valence-corrected chi connectivity index (χ0v) is 19.7. The van der Waals surface area contributed by atoms with E-state index in [1.807, 2.05) is 0 Å². The Kier molecular flexibility index (Phi) is 7.69. The molecule has 2 N–H and O–H groups in total. The molecule has 11 heteroatoms. The predicted octanol–water partition coefficient (Wildman–Crippen LogP) is 1.96. The highest BCUT2D eigenvalue weighted by Crippen LogP contribution is 2.28. The molecule has 0 radical (unpaired) electrons. The molecule has 0 bridgehead atoms. The molecule has 0 spiro atoms. The number of urea groups is 1. The van der Waals surface area contributed by atoms with E-state index in [2.05, 4.69) is 10.6 Å². The molecule has 10 nitrogen and oxygen atoms in total. The molecule has 180 valence electrons. The van der Waals surface area contributed by atoms with Crippen LogP contribution < -0.4 is 10.6 Å². The summed E-state index contributed by atoms with van der Waals surface area (Å²) in [6, 6.07) is 12.7. The topological polar surface area (TPSA) is 131 Å². The van der Waals surface area contributed by atoms with E-state index in [9.17, 15) is 22.8 Å². The second-order valence-electron chi connectivity index (χ2n) is 7.44. The largest absolute Gasteiger partial charge is 0.463 e. The lowest BCUT2D eigenvalue weighted by atomic mass is 9.95. The van der Waals surface area contributed by atoms with Gasteiger partial charge in [-0.15, -0.1) is 0 Å². The van der Waals surface area contributed by atoms with Crippen LogP contribution in [0.2, 0.25) is 0 Å². The summed E-state index contributed by atoms with van der Waals surface area (Å²) >= 11 is 0. The van der Waals surface area contributed by atoms with Gasteiger partial charge < -0.3 is 20.1 Å². The van der Waals surface area contributed by atoms with Gasteiger partial charge in [0.05, 0.1) is 34.4 Å². The number of esters is 2. The van der Waals surface area contributed by atoms with Gasteiger partial charge in [0.1, 0.15) is 6.61 Å². The fraction of sp³-hybridized carbons (Fsp3) is 0.261. The molecule has 2 aromatic rings. The summed E-state index contributed by atoms with van der Waals surface area (Å²) in [5.74, 6) is -1.42. The zero-order chi connectivity index (χ0) is 24.9. The predicted molar refractivity (Wildman–Crippen MR) is 122 cm³/mol. The van der Waals surface area contributed by atoms with Crippen molar-refractivity contribution in [2.24, 2.45) is 0 Å². The van der Waals surface area contributed by atoms with Gasteiger partial charge in [-0.25, -0.2) is 27.1 Å². The molecular weight excluding hydrogens is 462 g/mol. The Labute approximate surface area is 197 Å². The molecule has 34 heavy (non-hydrogen) atoms. The van der Waals surface area contributed by atoms with Crippen molar-refractivity contribution in [3.8, 4) is 0 Å². The number of nitrogens with zero attached hydrogens (tertiary/aromatic N) is 1. The SMILES string of the molecule is CCOC(=O)C1=C(COC(=O)c2ccc(S(=O)(=O)N(C)C)cc2)NC(=O)NC1c1ccccc1. The average molecular weight is 488 g/mol. The summed E-state index contributed by atoms with van der Waals surface area (Å²) in [7, 11) is -0.831. The standard InChI is InChI=1S/C23H25N3O7S/c1-4-32-22(28)19-18(24-23(29)25-20(19)15-8-6-5-7-9-15)14-33-21(27)16-10-12-17(13-11-16)34(30,31)26(2)3/h5-13,20H,4,14H2,1-3H3,(H2,24,25,29). The minimum absolute atomic E-state index is 0.0256. The first-order valence-corrected chi connectivity index (χ1v) is 11.8. The summed E-state index contributed by atoms with van der Waals surface area (Å²) < 4.78 is 35.9. The molecule has 0 saturated heterocycles. The van der Waals surface area contributed by atoms with E-state index < -0.39 is 40.6 Å². The van der Waals surface area contributed by atoms with Gasteiger partial charge in [-0.1, -0.05) is 30.3 Å². The molecule has 0 saturated carbocycles. The smallest absolute Gasteiger partial charge is 0.338 e. The van der Waals surface area contributed by atoms with Gasteiger partial charge in [0, 0.05) is 14.1 Å². The first-order valence-electron chi connectivity index (χ1n) is 10.4. The van der Waals surface area contributed by atoms with Crippen molar-refractivity contribution in [3.63, 3.8) is 0 Å². The Morgan fingerprint density at radius 2 is 1.62 bits per heavy atom. The summed E-state index contributed by atoms with van der Waals surface area (Å²) in [5.41, 5.74) is 0.974. The quantitative estimate of drug-likeness (QED) is 0.544. The van der Waals surface area contributed by atoms with Gasteiger partial charge in [0.25, 0.3) is 0 Å². The Bertz CT molecular complexity index is 1210. The van der Waals surface area contributed by atoms with Gasteiger partial charge in [-0.2, -0.15) is 0 Å². The van der Waals surface area contributed by atoms with E-state index in [1.165, 1.54) is 38.4 Å². The van der Waals surface area contributed by atoms with Crippen molar-refractivity contribution in [2.45, 2.75) is 17.9 Å². The van der Waals surface area contributed by atoms with Crippen LogP contribution in [0.25, 0.3) is 0 Å². The monoisotopic (exact) mass is 487 g/mol. The summed E-state index contributed by atoms with van der Waals surface area (Å²) in [5, 5.41) is 5.21. The molecule has 2 amide bonds. The lowest BCUT2D eigenvalue weighted by Crippen LogP contribution is -2.47. The molecule has 0 aromatic heterocycles. The number of hydrogen-bond acceptors (Lipinski definition) is 7. The van der Waals surface area contributed by atoms with Gasteiger partial charge >= 0.3 is 18.0 Å². The van der Waals surface area contributed by atoms with E-state index in [-0.39, 0.29) is 28.3 Å². The van der Waals surface area contributed by atoms with Crippen LogP contribution in [0, 0.1) is 0 Å². The number of ether oxygens (including phenoxy) is 2. The van der Waals surface area contributed by atoms with Crippen molar-refractivity contribution in [2.75, 3.05) is 27.3 Å². The first kappa shape index (κ1) is 24.9. The van der Waals surface area contributed by atoms with Crippen molar-refractivity contribution in [1.82, 2.24) is 14.9 Å². The van der Waals surface area contributed by atoms with Crippen LogP contribution in [0.4, 0.5) is 4.79 Å². The molecule has 0 aliphatic carbocycles. The Hall–Kier alpha value is -3.70. The summed E-state index contributed by atoms with van der Waals surface area (Å²) in [4.78, 5) is 37.6. The van der Waals surface area contributed by atoms with Crippen LogP contribution in [0.15, 0.2) is 70.8 Å². The Morgan fingerprint density at radius 3 is 2.21 bits per heavy atom. The number of rotatable bonds is 8. The molecule has 1 heterocycles. The molecule has 2 aromatic carbocycles. The fourth-order valence-electron chi connectivity index (χ4n) is 3.27. The number of nitrogens with one attached hydrogen (secondary N) is 2. The molecule has 1 unspecified atom stereocenters. The third-order valence-electron chi connectivity index (χ3n) is 5.00. The number of carbonyl (C=O) groups is 3. The maximum absolute atomic E-state index is 12.7. The summed E-state index contributed by atoms with van der Waals surface area (Å²) in [6.45, 7) is 1.37. The maximum atomic E-state index is 12.7. The highest BCUT2D eigenvalue weighted by Gasteiger charge is 2.34. The van der Waals surface area contributed by atoms with Crippen LogP contribution in [0.5, 0.6) is 0 Å². The van der Waals surface area contributed by atoms with Crippen molar-refractivity contribution in [1.29, 1.82) is 0 Å². The van der Waals surface area contributed by atoms with Crippen LogP contribution in [0.3, 0.4) is 0 Å². The number of benzene rings is 2. The molecule has 3 rings (SSSR count). The second-order valence-corrected chi connectivity index (χ2v) is 9.59. The first-order chi connectivity index (χ1) is 16.1. The van der Waals surface area contributed by atoms with Gasteiger partial charge in [-0.05, 0) is 36.8 Å². The van der Waals surface area contributed by atoms with E-state index >= 15 is 0 Å². The fourth-order valence-corrected chi connectivity index (χ4v) is 4.17. The number of sulfonamides is 1. The number of hydrogen-bond donors (Lipinski definition) is 2.